The predicted molar refractivity (Wildman–Crippen MR) is 119 cm³/mol. The first-order chi connectivity index (χ1) is 13.3. The minimum absolute atomic E-state index is 0.0535. The molecule has 160 valence electrons. The van der Waals surface area contributed by atoms with Gasteiger partial charge in [-0.2, -0.15) is 0 Å². The van der Waals surface area contributed by atoms with Crippen LogP contribution in [0.25, 0.3) is 0 Å². The maximum Gasteiger partial charge on any atom is 0.200 e. The van der Waals surface area contributed by atoms with Crippen LogP contribution in [0, 0.1) is 0 Å². The zero-order chi connectivity index (χ0) is 21.2. The number of aliphatic hydroxyl groups excluding tert-OH is 1. The highest BCUT2D eigenvalue weighted by Gasteiger charge is 2.46. The Morgan fingerprint density at radius 1 is 0.929 bits per heavy atom. The molecule has 4 nitrogen and oxygen atoms in total. The van der Waals surface area contributed by atoms with Gasteiger partial charge in [0.2, 0.25) is 8.32 Å². The monoisotopic (exact) mass is 408 g/mol. The smallest absolute Gasteiger partial charge is 0.200 e. The van der Waals surface area contributed by atoms with Gasteiger partial charge in [-0.15, -0.1) is 0 Å². The molecule has 1 atom stereocenters. The Balaban J connectivity index is 2.51. The van der Waals surface area contributed by atoms with E-state index in [4.69, 9.17) is 13.9 Å². The van der Waals surface area contributed by atoms with Crippen molar-refractivity contribution in [2.45, 2.75) is 77.3 Å². The maximum atomic E-state index is 9.85. The molecule has 1 N–H and O–H groups in total. The summed E-state index contributed by atoms with van der Waals surface area (Å²) in [4.78, 5) is 0. The summed E-state index contributed by atoms with van der Waals surface area (Å²) < 4.78 is 17.5. The van der Waals surface area contributed by atoms with Crippen molar-refractivity contribution in [1.29, 1.82) is 0 Å². The third-order valence-corrected chi connectivity index (χ3v) is 11.6. The Morgan fingerprint density at radius 3 is 1.96 bits per heavy atom. The zero-order valence-electron chi connectivity index (χ0n) is 18.8. The summed E-state index contributed by atoms with van der Waals surface area (Å²) in [6, 6.07) is 7.89. The van der Waals surface area contributed by atoms with E-state index in [-0.39, 0.29) is 12.7 Å². The van der Waals surface area contributed by atoms with Gasteiger partial charge in [0.05, 0.1) is 33.0 Å². The van der Waals surface area contributed by atoms with Crippen LogP contribution in [0.3, 0.4) is 0 Å². The van der Waals surface area contributed by atoms with Crippen LogP contribution in [0.5, 0.6) is 5.75 Å². The van der Waals surface area contributed by atoms with Gasteiger partial charge in [-0.3, -0.25) is 0 Å². The molecule has 0 heterocycles. The topological polar surface area (TPSA) is 47.9 Å². The van der Waals surface area contributed by atoms with Gasteiger partial charge in [0.1, 0.15) is 5.75 Å². The lowest BCUT2D eigenvalue weighted by Gasteiger charge is -2.44. The van der Waals surface area contributed by atoms with Crippen LogP contribution in [-0.2, 0) is 15.8 Å². The van der Waals surface area contributed by atoms with Crippen LogP contribution < -0.4 is 4.74 Å². The molecule has 0 saturated heterocycles. The fourth-order valence-electron chi connectivity index (χ4n) is 4.14. The molecule has 0 spiro atoms. The van der Waals surface area contributed by atoms with Crippen molar-refractivity contribution in [3.63, 3.8) is 0 Å². The van der Waals surface area contributed by atoms with Gasteiger partial charge >= 0.3 is 0 Å². The van der Waals surface area contributed by atoms with Crippen molar-refractivity contribution < 1.29 is 19.0 Å². The van der Waals surface area contributed by atoms with E-state index in [1.54, 1.807) is 7.11 Å². The molecule has 0 unspecified atom stereocenters. The summed E-state index contributed by atoms with van der Waals surface area (Å²) in [6.45, 7) is 14.8. The molecular weight excluding hydrogens is 368 g/mol. The Kier molecular flexibility index (Phi) is 11.0. The molecule has 28 heavy (non-hydrogen) atoms. The molecule has 0 radical (unpaired) electrons. The quantitative estimate of drug-likeness (QED) is 0.258. The first kappa shape index (κ1) is 24.9. The summed E-state index contributed by atoms with van der Waals surface area (Å²) in [5.74, 6) is 0.850. The van der Waals surface area contributed by atoms with E-state index in [9.17, 15) is 5.11 Å². The van der Waals surface area contributed by atoms with Gasteiger partial charge in [0, 0.05) is 0 Å². The van der Waals surface area contributed by atoms with E-state index < -0.39 is 8.32 Å². The minimum atomic E-state index is -1.97. The molecule has 0 aromatic heterocycles. The third kappa shape index (κ3) is 7.03. The highest BCUT2D eigenvalue weighted by atomic mass is 28.4. The van der Waals surface area contributed by atoms with Crippen molar-refractivity contribution in [3.05, 3.63) is 42.0 Å². The number of benzene rings is 1. The van der Waals surface area contributed by atoms with Crippen LogP contribution >= 0.6 is 0 Å². The van der Waals surface area contributed by atoms with Crippen LogP contribution in [0.15, 0.2) is 36.4 Å². The van der Waals surface area contributed by atoms with Gasteiger partial charge in [-0.25, -0.2) is 0 Å². The van der Waals surface area contributed by atoms with E-state index in [0.717, 1.165) is 11.3 Å². The molecule has 0 saturated carbocycles. The lowest BCUT2D eigenvalue weighted by atomic mass is 10.2. The van der Waals surface area contributed by atoms with Crippen LogP contribution in [0.2, 0.25) is 16.6 Å². The summed E-state index contributed by atoms with van der Waals surface area (Å²) in [7, 11) is -0.312. The lowest BCUT2D eigenvalue weighted by molar-refractivity contribution is 0.100. The molecule has 0 fully saturated rings. The van der Waals surface area contributed by atoms with Crippen molar-refractivity contribution in [2.75, 3.05) is 20.3 Å². The standard InChI is InChI=1S/C23H40O4Si/c1-18(2)28(19(3)4,20(5)6)27-23(16-24)10-8-9-15-26-17-21-11-13-22(25-7)14-12-21/h8-9,11-14,18-20,23-24H,10,15-17H2,1-7H3/b9-8-/t23-/m1/s1. The highest BCUT2D eigenvalue weighted by Crippen LogP contribution is 2.43. The van der Waals surface area contributed by atoms with E-state index in [2.05, 4.69) is 47.6 Å². The number of hydrogen-bond donors (Lipinski definition) is 1. The van der Waals surface area contributed by atoms with Gasteiger partial charge in [-0.1, -0.05) is 65.8 Å². The second-order valence-corrected chi connectivity index (χ2v) is 13.7. The van der Waals surface area contributed by atoms with E-state index >= 15 is 0 Å². The predicted octanol–water partition coefficient (Wildman–Crippen LogP) is 5.71. The summed E-state index contributed by atoms with van der Waals surface area (Å²) in [5, 5.41) is 9.85. The molecule has 0 aliphatic carbocycles. The molecule has 0 bridgehead atoms. The number of methoxy groups -OCH3 is 1. The summed E-state index contributed by atoms with van der Waals surface area (Å²) >= 11 is 0. The zero-order valence-corrected chi connectivity index (χ0v) is 19.8. The molecular formula is C23H40O4Si. The van der Waals surface area contributed by atoms with Gasteiger partial charge in [-0.05, 0) is 40.7 Å². The van der Waals surface area contributed by atoms with Crippen LogP contribution in [-0.4, -0.2) is 39.9 Å². The molecule has 0 aliphatic heterocycles. The summed E-state index contributed by atoms with van der Waals surface area (Å²) in [6.07, 6.45) is 4.65. The van der Waals surface area contributed by atoms with Gasteiger partial charge in [0.25, 0.3) is 0 Å². The SMILES string of the molecule is COc1ccc(COC/C=C\C[C@H](CO)O[Si](C(C)C)(C(C)C)C(C)C)cc1. The van der Waals surface area contributed by atoms with Crippen LogP contribution in [0.4, 0.5) is 0 Å². The van der Waals surface area contributed by atoms with Crippen molar-refractivity contribution in [3.8, 4) is 5.75 Å². The Bertz CT molecular complexity index is 545. The van der Waals surface area contributed by atoms with E-state index in [1.165, 1.54) is 0 Å². The molecule has 1 rings (SSSR count). The lowest BCUT2D eigenvalue weighted by Crippen LogP contribution is -2.50. The van der Waals surface area contributed by atoms with Crippen LogP contribution in [0.1, 0.15) is 53.5 Å². The van der Waals surface area contributed by atoms with Crippen molar-refractivity contribution in [2.24, 2.45) is 0 Å². The maximum absolute atomic E-state index is 9.85. The molecule has 0 amide bonds. The van der Waals surface area contributed by atoms with Gasteiger partial charge in [0.15, 0.2) is 0 Å². The Hall–Kier alpha value is -1.14. The number of hydrogen-bond acceptors (Lipinski definition) is 4. The molecule has 1 aromatic carbocycles. The first-order valence-corrected chi connectivity index (χ1v) is 12.6. The molecule has 0 aliphatic rings. The largest absolute Gasteiger partial charge is 0.497 e. The molecule has 1 aromatic rings. The Morgan fingerprint density at radius 2 is 1.50 bits per heavy atom. The number of ether oxygens (including phenoxy) is 2. The van der Waals surface area contributed by atoms with Crippen molar-refractivity contribution >= 4 is 8.32 Å². The first-order valence-electron chi connectivity index (χ1n) is 10.4. The average molecular weight is 409 g/mol. The van der Waals surface area contributed by atoms with Gasteiger partial charge < -0.3 is 19.0 Å². The number of rotatable bonds is 13. The molecule has 5 heteroatoms. The Labute approximate surface area is 173 Å². The third-order valence-electron chi connectivity index (χ3n) is 5.49. The second-order valence-electron chi connectivity index (χ2n) is 8.31. The second kappa shape index (κ2) is 12.4. The van der Waals surface area contributed by atoms with Crippen molar-refractivity contribution in [1.82, 2.24) is 0 Å². The average Bonchev–Trinajstić information content (AvgIpc) is 2.66. The highest BCUT2D eigenvalue weighted by molar-refractivity contribution is 6.77. The summed E-state index contributed by atoms with van der Waals surface area (Å²) in [5.41, 5.74) is 2.66. The minimum Gasteiger partial charge on any atom is -0.497 e. The fraction of sp³-hybridized carbons (Fsp3) is 0.652. The van der Waals surface area contributed by atoms with E-state index in [0.29, 0.717) is 36.3 Å². The normalized spacial score (nSPS) is 13.8. The van der Waals surface area contributed by atoms with E-state index in [1.807, 2.05) is 30.3 Å². The number of aliphatic hydroxyl groups is 1. The fourth-order valence-corrected chi connectivity index (χ4v) is 9.70.